The lowest BCUT2D eigenvalue weighted by Gasteiger charge is -2.14. The molecular weight excluding hydrogens is 396 g/mol. The van der Waals surface area contributed by atoms with Crippen LogP contribution in [0.5, 0.6) is 0 Å². The highest BCUT2D eigenvalue weighted by Gasteiger charge is 2.38. The van der Waals surface area contributed by atoms with Crippen molar-refractivity contribution >= 4 is 29.1 Å². The summed E-state index contributed by atoms with van der Waals surface area (Å²) in [6.07, 6.45) is 8.31. The van der Waals surface area contributed by atoms with Crippen molar-refractivity contribution in [3.05, 3.63) is 89.6 Å². The van der Waals surface area contributed by atoms with Crippen LogP contribution in [0, 0.1) is 0 Å². The van der Waals surface area contributed by atoms with Crippen molar-refractivity contribution in [1.82, 2.24) is 9.88 Å². The Morgan fingerprint density at radius 3 is 2.60 bits per heavy atom. The third kappa shape index (κ3) is 4.86. The van der Waals surface area contributed by atoms with Crippen LogP contribution in [0.3, 0.4) is 0 Å². The summed E-state index contributed by atoms with van der Waals surface area (Å²) in [7, 11) is 0. The van der Waals surface area contributed by atoms with Gasteiger partial charge in [-0.2, -0.15) is 5.10 Å². The fourth-order valence-electron chi connectivity index (χ4n) is 3.14. The maximum absolute atomic E-state index is 13.1. The molecular formula is C23H22N4O2S. The zero-order valence-corrected chi connectivity index (χ0v) is 17.5. The third-order valence-electron chi connectivity index (χ3n) is 4.82. The molecule has 0 saturated carbocycles. The highest BCUT2D eigenvalue weighted by atomic mass is 32.2. The Balaban J connectivity index is 1.53. The minimum Gasteiger partial charge on any atom is -0.467 e. The zero-order chi connectivity index (χ0) is 20.8. The summed E-state index contributed by atoms with van der Waals surface area (Å²) in [6, 6.07) is 15.8. The molecule has 1 aliphatic heterocycles. The molecule has 1 amide bonds. The van der Waals surface area contributed by atoms with Gasteiger partial charge in [0.05, 0.1) is 24.3 Å². The van der Waals surface area contributed by atoms with E-state index in [0.29, 0.717) is 23.9 Å². The molecule has 3 heterocycles. The number of carbonyl (C=O) groups excluding carboxylic acids is 1. The number of carbonyl (C=O) groups is 1. The number of furan rings is 1. The number of hydrogen-bond donors (Lipinski definition) is 0. The molecule has 3 aromatic rings. The molecule has 6 nitrogen and oxygen atoms in total. The third-order valence-corrected chi connectivity index (χ3v) is 5.99. The van der Waals surface area contributed by atoms with Gasteiger partial charge in [-0.15, -0.1) is 5.10 Å². The zero-order valence-electron chi connectivity index (χ0n) is 16.6. The number of amidine groups is 1. The van der Waals surface area contributed by atoms with Crippen LogP contribution in [-0.2, 0) is 24.2 Å². The predicted molar refractivity (Wildman–Crippen MR) is 119 cm³/mol. The summed E-state index contributed by atoms with van der Waals surface area (Å²) in [4.78, 5) is 18.8. The lowest BCUT2D eigenvalue weighted by atomic mass is 10.1. The summed E-state index contributed by atoms with van der Waals surface area (Å²) < 4.78 is 5.44. The Bertz CT molecular complexity index is 1030. The van der Waals surface area contributed by atoms with E-state index in [1.807, 2.05) is 24.3 Å². The van der Waals surface area contributed by atoms with E-state index >= 15 is 0 Å². The highest BCUT2D eigenvalue weighted by Crippen LogP contribution is 2.31. The van der Waals surface area contributed by atoms with Gasteiger partial charge in [0.25, 0.3) is 0 Å². The van der Waals surface area contributed by atoms with E-state index in [0.717, 1.165) is 17.5 Å². The van der Waals surface area contributed by atoms with Crippen LogP contribution >= 0.6 is 11.8 Å². The molecule has 1 aromatic carbocycles. The summed E-state index contributed by atoms with van der Waals surface area (Å²) in [5, 5.41) is 8.88. The number of hydrogen-bond acceptors (Lipinski definition) is 6. The van der Waals surface area contributed by atoms with Gasteiger partial charge in [0.1, 0.15) is 5.76 Å². The number of aryl methyl sites for hydroxylation is 1. The lowest BCUT2D eigenvalue weighted by molar-refractivity contribution is -0.126. The number of aromatic nitrogens is 1. The number of rotatable bonds is 7. The summed E-state index contributed by atoms with van der Waals surface area (Å²) in [6.45, 7) is 2.47. The predicted octanol–water partition coefficient (Wildman–Crippen LogP) is 4.31. The SMILES string of the molecule is CCc1ccc(CC2S/C(=N/N=C/c3ccncc3)N(Cc3ccco3)C2=O)cc1. The minimum atomic E-state index is -0.234. The minimum absolute atomic E-state index is 0.0221. The van der Waals surface area contributed by atoms with Crippen molar-refractivity contribution in [2.75, 3.05) is 0 Å². The second-order valence-corrected chi connectivity index (χ2v) is 8.06. The number of pyridine rings is 1. The van der Waals surface area contributed by atoms with E-state index in [4.69, 9.17) is 4.42 Å². The first-order valence-electron chi connectivity index (χ1n) is 9.82. The van der Waals surface area contributed by atoms with Gasteiger partial charge in [-0.1, -0.05) is 43.0 Å². The number of nitrogens with zero attached hydrogens (tertiary/aromatic N) is 4. The molecule has 1 aliphatic rings. The van der Waals surface area contributed by atoms with E-state index in [9.17, 15) is 4.79 Å². The average molecular weight is 419 g/mol. The second-order valence-electron chi connectivity index (χ2n) is 6.89. The van der Waals surface area contributed by atoms with Crippen LogP contribution in [-0.4, -0.2) is 32.4 Å². The van der Waals surface area contributed by atoms with E-state index in [-0.39, 0.29) is 11.2 Å². The summed E-state index contributed by atoms with van der Waals surface area (Å²) in [5.74, 6) is 0.733. The van der Waals surface area contributed by atoms with Gasteiger partial charge in [0.15, 0.2) is 5.17 Å². The molecule has 30 heavy (non-hydrogen) atoms. The lowest BCUT2D eigenvalue weighted by Crippen LogP contribution is -2.32. The molecule has 0 N–H and O–H groups in total. The van der Waals surface area contributed by atoms with Crippen LogP contribution in [0.15, 0.2) is 81.8 Å². The van der Waals surface area contributed by atoms with Crippen LogP contribution in [0.2, 0.25) is 0 Å². The molecule has 1 unspecified atom stereocenters. The fraction of sp³-hybridized carbons (Fsp3) is 0.217. The van der Waals surface area contributed by atoms with Gasteiger partial charge < -0.3 is 4.42 Å². The van der Waals surface area contributed by atoms with Gasteiger partial charge in [-0.05, 0) is 53.8 Å². The Labute approximate surface area is 179 Å². The van der Waals surface area contributed by atoms with E-state index < -0.39 is 0 Å². The molecule has 152 valence electrons. The van der Waals surface area contributed by atoms with Crippen molar-refractivity contribution in [1.29, 1.82) is 0 Å². The van der Waals surface area contributed by atoms with Gasteiger partial charge >= 0.3 is 0 Å². The van der Waals surface area contributed by atoms with Crippen molar-refractivity contribution in [2.24, 2.45) is 10.2 Å². The topological polar surface area (TPSA) is 71.1 Å². The molecule has 4 rings (SSSR count). The molecule has 2 aromatic heterocycles. The molecule has 7 heteroatoms. The maximum Gasteiger partial charge on any atom is 0.242 e. The summed E-state index contributed by atoms with van der Waals surface area (Å²) in [5.41, 5.74) is 3.32. The van der Waals surface area contributed by atoms with E-state index in [1.165, 1.54) is 17.3 Å². The first-order chi connectivity index (χ1) is 14.7. The van der Waals surface area contributed by atoms with Crippen LogP contribution < -0.4 is 0 Å². The maximum atomic E-state index is 13.1. The average Bonchev–Trinajstić information content (AvgIpc) is 3.39. The smallest absolute Gasteiger partial charge is 0.242 e. The van der Waals surface area contributed by atoms with Crippen molar-refractivity contribution in [3.8, 4) is 0 Å². The summed E-state index contributed by atoms with van der Waals surface area (Å²) >= 11 is 1.45. The molecule has 0 bridgehead atoms. The van der Waals surface area contributed by atoms with Crippen molar-refractivity contribution in [2.45, 2.75) is 31.6 Å². The first kappa shape index (κ1) is 20.1. The number of amides is 1. The van der Waals surface area contributed by atoms with Gasteiger partial charge in [-0.25, -0.2) is 0 Å². The van der Waals surface area contributed by atoms with Gasteiger partial charge in [0, 0.05) is 12.4 Å². The molecule has 1 saturated heterocycles. The standard InChI is InChI=1S/C23H22N4O2S/c1-2-17-5-7-18(8-6-17)14-21-22(28)27(16-20-4-3-13-29-20)23(30-21)26-25-15-19-9-11-24-12-10-19/h3-13,15,21H,2,14,16H2,1H3/b25-15+,26-23+. The molecule has 1 atom stereocenters. The molecule has 0 spiro atoms. The number of thioether (sulfide) groups is 1. The second kappa shape index (κ2) is 9.54. The van der Waals surface area contributed by atoms with E-state index in [1.54, 1.807) is 29.8 Å². The number of benzene rings is 1. The Hall–Kier alpha value is -3.19. The van der Waals surface area contributed by atoms with E-state index in [2.05, 4.69) is 46.4 Å². The van der Waals surface area contributed by atoms with Crippen LogP contribution in [0.4, 0.5) is 0 Å². The Morgan fingerprint density at radius 1 is 1.13 bits per heavy atom. The largest absolute Gasteiger partial charge is 0.467 e. The Kier molecular flexibility index (Phi) is 6.39. The molecule has 1 fully saturated rings. The van der Waals surface area contributed by atoms with Crippen molar-refractivity contribution in [3.63, 3.8) is 0 Å². The van der Waals surface area contributed by atoms with Crippen molar-refractivity contribution < 1.29 is 9.21 Å². The van der Waals surface area contributed by atoms with Crippen LogP contribution in [0.1, 0.15) is 29.4 Å². The monoisotopic (exact) mass is 418 g/mol. The first-order valence-corrected chi connectivity index (χ1v) is 10.7. The van der Waals surface area contributed by atoms with Gasteiger partial charge in [0.2, 0.25) is 5.91 Å². The fourth-order valence-corrected chi connectivity index (χ4v) is 4.27. The van der Waals surface area contributed by atoms with Gasteiger partial charge in [-0.3, -0.25) is 14.7 Å². The molecule has 0 radical (unpaired) electrons. The van der Waals surface area contributed by atoms with Crippen LogP contribution in [0.25, 0.3) is 0 Å². The quantitative estimate of drug-likeness (QED) is 0.423. The Morgan fingerprint density at radius 2 is 1.90 bits per heavy atom. The normalized spacial score (nSPS) is 18.0. The highest BCUT2D eigenvalue weighted by molar-refractivity contribution is 8.15. The molecule has 0 aliphatic carbocycles.